The van der Waals surface area contributed by atoms with Crippen LogP contribution < -0.4 is 10.4 Å². The van der Waals surface area contributed by atoms with Crippen LogP contribution in [0.1, 0.15) is 121 Å². The van der Waals surface area contributed by atoms with E-state index in [1.54, 1.807) is 30.6 Å². The van der Waals surface area contributed by atoms with E-state index in [0.29, 0.717) is 30.2 Å². The van der Waals surface area contributed by atoms with Crippen molar-refractivity contribution in [1.82, 2.24) is 4.98 Å². The standard InChI is InChI=1S/C36H47NO8/c1-36-27(34(40)33-29(45-36)21-28(43-35(33)41)25-13-8-18-37-22-25)19-26(42-31(38)16-14-23-9-4-2-5-10-23)20-30(36)44-32(39)17-15-24-11-6-3-7-12-24/h8,13,18,21-24,26-27,30,34,40H,2-7,9-12,14-17,19-20H2,1H3/t26-,27?,30-,34?,36-/m1/s1. The van der Waals surface area contributed by atoms with E-state index < -0.39 is 35.5 Å². The van der Waals surface area contributed by atoms with Crippen LogP contribution in [-0.4, -0.2) is 39.8 Å². The Kier molecular flexibility index (Phi) is 9.93. The lowest BCUT2D eigenvalue weighted by Crippen LogP contribution is -2.62. The number of ether oxygens (including phenoxy) is 3. The highest BCUT2D eigenvalue weighted by Crippen LogP contribution is 2.51. The Morgan fingerprint density at radius 3 is 2.22 bits per heavy atom. The quantitative estimate of drug-likeness (QED) is 0.300. The van der Waals surface area contributed by atoms with E-state index in [-0.39, 0.29) is 41.9 Å². The maximum absolute atomic E-state index is 13.3. The molecule has 3 aliphatic carbocycles. The molecule has 0 amide bonds. The van der Waals surface area contributed by atoms with Crippen molar-refractivity contribution in [1.29, 1.82) is 0 Å². The molecule has 0 aromatic carbocycles. The second kappa shape index (κ2) is 14.1. The number of fused-ring (bicyclic) bond motifs is 2. The third kappa shape index (κ3) is 7.29. The van der Waals surface area contributed by atoms with Crippen LogP contribution in [0.2, 0.25) is 0 Å². The predicted octanol–water partition coefficient (Wildman–Crippen LogP) is 6.84. The third-order valence-corrected chi connectivity index (χ3v) is 10.8. The maximum Gasteiger partial charge on any atom is 0.345 e. The van der Waals surface area contributed by atoms with Crippen LogP contribution in [0.3, 0.4) is 0 Å². The molecule has 0 radical (unpaired) electrons. The Morgan fingerprint density at radius 1 is 0.956 bits per heavy atom. The number of hydrogen-bond acceptors (Lipinski definition) is 9. The summed E-state index contributed by atoms with van der Waals surface area (Å²) in [5, 5.41) is 11.7. The van der Waals surface area contributed by atoms with E-state index in [0.717, 1.165) is 38.5 Å². The Labute approximate surface area is 265 Å². The van der Waals surface area contributed by atoms with Crippen molar-refractivity contribution in [3.05, 3.63) is 46.6 Å². The minimum Gasteiger partial charge on any atom is -0.482 e. The van der Waals surface area contributed by atoms with Crippen molar-refractivity contribution in [3.8, 4) is 17.1 Å². The van der Waals surface area contributed by atoms with Gasteiger partial charge in [-0.3, -0.25) is 14.6 Å². The number of hydrogen-bond donors (Lipinski definition) is 1. The molecule has 2 aromatic rings. The number of carbonyl (C=O) groups excluding carboxylic acids is 2. The van der Waals surface area contributed by atoms with E-state index in [1.165, 1.54) is 38.5 Å². The molecule has 6 rings (SSSR count). The van der Waals surface area contributed by atoms with Crippen molar-refractivity contribution in [2.24, 2.45) is 17.8 Å². The molecule has 5 atom stereocenters. The van der Waals surface area contributed by atoms with Gasteiger partial charge >= 0.3 is 17.6 Å². The Bertz CT molecular complexity index is 1380. The maximum atomic E-state index is 13.3. The zero-order valence-electron chi connectivity index (χ0n) is 26.4. The van der Waals surface area contributed by atoms with Crippen LogP contribution in [0.4, 0.5) is 0 Å². The molecule has 9 nitrogen and oxygen atoms in total. The topological polar surface area (TPSA) is 125 Å². The van der Waals surface area contributed by atoms with Crippen molar-refractivity contribution >= 4 is 11.9 Å². The first-order chi connectivity index (χ1) is 21.8. The van der Waals surface area contributed by atoms with Crippen molar-refractivity contribution in [2.45, 2.75) is 134 Å². The summed E-state index contributed by atoms with van der Waals surface area (Å²) in [6.07, 6.45) is 15.3. The van der Waals surface area contributed by atoms with Gasteiger partial charge in [-0.1, -0.05) is 64.2 Å². The SMILES string of the molecule is C[C@@]12Oc3cc(-c4cccnc4)oc(=O)c3C(O)C1C[C@@H](OC(=O)CCC1CCCCC1)C[C@H]2OC(=O)CCC1CCCCC1. The Hall–Kier alpha value is -3.20. The van der Waals surface area contributed by atoms with Gasteiger partial charge in [-0.25, -0.2) is 4.79 Å². The van der Waals surface area contributed by atoms with Crippen LogP contribution >= 0.6 is 0 Å². The fourth-order valence-corrected chi connectivity index (χ4v) is 8.15. The zero-order chi connectivity index (χ0) is 31.4. The number of carbonyl (C=O) groups is 2. The summed E-state index contributed by atoms with van der Waals surface area (Å²) in [6.45, 7) is 1.82. The minimum absolute atomic E-state index is 0.0248. The largest absolute Gasteiger partial charge is 0.482 e. The molecular formula is C36H47NO8. The van der Waals surface area contributed by atoms with Crippen molar-refractivity contribution in [3.63, 3.8) is 0 Å². The van der Waals surface area contributed by atoms with Gasteiger partial charge in [0.15, 0.2) is 0 Å². The van der Waals surface area contributed by atoms with Crippen LogP contribution in [0.15, 0.2) is 39.8 Å². The zero-order valence-corrected chi connectivity index (χ0v) is 26.4. The van der Waals surface area contributed by atoms with Gasteiger partial charge in [0.25, 0.3) is 0 Å². The van der Waals surface area contributed by atoms with Crippen LogP contribution in [0, 0.1) is 17.8 Å². The van der Waals surface area contributed by atoms with Gasteiger partial charge in [-0.15, -0.1) is 0 Å². The van der Waals surface area contributed by atoms with E-state index in [1.807, 2.05) is 6.92 Å². The average molecular weight is 622 g/mol. The molecule has 3 heterocycles. The Balaban J connectivity index is 1.22. The minimum atomic E-state index is -1.26. The molecule has 244 valence electrons. The lowest BCUT2D eigenvalue weighted by atomic mass is 9.67. The van der Waals surface area contributed by atoms with Crippen molar-refractivity contribution in [2.75, 3.05) is 0 Å². The normalized spacial score (nSPS) is 28.8. The lowest BCUT2D eigenvalue weighted by molar-refractivity contribution is -0.205. The molecule has 0 spiro atoms. The van der Waals surface area contributed by atoms with Gasteiger partial charge in [0.2, 0.25) is 0 Å². The van der Waals surface area contributed by atoms with Crippen LogP contribution in [-0.2, 0) is 19.1 Å². The highest BCUT2D eigenvalue weighted by atomic mass is 16.6. The highest BCUT2D eigenvalue weighted by molar-refractivity contribution is 5.70. The first-order valence-corrected chi connectivity index (χ1v) is 17.1. The predicted molar refractivity (Wildman–Crippen MR) is 166 cm³/mol. The molecule has 3 fully saturated rings. The van der Waals surface area contributed by atoms with Gasteiger partial charge in [0, 0.05) is 49.2 Å². The Morgan fingerprint density at radius 2 is 1.60 bits per heavy atom. The molecule has 0 bridgehead atoms. The van der Waals surface area contributed by atoms with Gasteiger partial charge in [0.1, 0.15) is 34.9 Å². The summed E-state index contributed by atoms with van der Waals surface area (Å²) in [5.41, 5.74) is -1.24. The highest BCUT2D eigenvalue weighted by Gasteiger charge is 2.58. The van der Waals surface area contributed by atoms with Gasteiger partial charge in [-0.05, 0) is 50.2 Å². The first kappa shape index (κ1) is 31.8. The molecule has 2 unspecified atom stereocenters. The summed E-state index contributed by atoms with van der Waals surface area (Å²) >= 11 is 0. The number of aliphatic hydroxyl groups is 1. The fraction of sp³-hybridized carbons (Fsp3) is 0.667. The molecule has 45 heavy (non-hydrogen) atoms. The lowest BCUT2D eigenvalue weighted by Gasteiger charge is -2.52. The van der Waals surface area contributed by atoms with Gasteiger partial charge < -0.3 is 23.7 Å². The summed E-state index contributed by atoms with van der Waals surface area (Å²) in [6, 6.07) is 5.10. The first-order valence-electron chi connectivity index (χ1n) is 17.1. The summed E-state index contributed by atoms with van der Waals surface area (Å²) in [5.74, 6) is 0.290. The summed E-state index contributed by atoms with van der Waals surface area (Å²) in [7, 11) is 0. The van der Waals surface area contributed by atoms with Crippen LogP contribution in [0.5, 0.6) is 5.75 Å². The van der Waals surface area contributed by atoms with Crippen LogP contribution in [0.25, 0.3) is 11.3 Å². The number of esters is 2. The molecule has 3 saturated carbocycles. The molecule has 4 aliphatic rings. The van der Waals surface area contributed by atoms with Crippen molar-refractivity contribution < 1.29 is 33.3 Å². The third-order valence-electron chi connectivity index (χ3n) is 10.8. The number of aliphatic hydroxyl groups excluding tert-OH is 1. The summed E-state index contributed by atoms with van der Waals surface area (Å²) in [4.78, 5) is 43.6. The fourth-order valence-electron chi connectivity index (χ4n) is 8.15. The summed E-state index contributed by atoms with van der Waals surface area (Å²) < 4.78 is 24.3. The molecule has 0 saturated heterocycles. The molecule has 9 heteroatoms. The molecule has 2 aromatic heterocycles. The van der Waals surface area contributed by atoms with Gasteiger partial charge in [0.05, 0.1) is 6.10 Å². The average Bonchev–Trinajstić information content (AvgIpc) is 3.05. The number of pyridine rings is 1. The molecule has 1 aliphatic heterocycles. The monoisotopic (exact) mass is 621 g/mol. The second-order valence-electron chi connectivity index (χ2n) is 13.9. The molecular weight excluding hydrogens is 574 g/mol. The molecule has 1 N–H and O–H groups in total. The van der Waals surface area contributed by atoms with E-state index in [4.69, 9.17) is 18.6 Å². The van der Waals surface area contributed by atoms with E-state index in [9.17, 15) is 19.5 Å². The van der Waals surface area contributed by atoms with E-state index in [2.05, 4.69) is 4.98 Å². The van der Waals surface area contributed by atoms with E-state index >= 15 is 0 Å². The van der Waals surface area contributed by atoms with Gasteiger partial charge in [-0.2, -0.15) is 0 Å². The smallest absolute Gasteiger partial charge is 0.345 e. The second-order valence-corrected chi connectivity index (χ2v) is 13.9. The number of rotatable bonds is 9. The number of aromatic nitrogens is 1. The number of nitrogens with zero attached hydrogens (tertiary/aromatic N) is 1.